The van der Waals surface area contributed by atoms with Crippen molar-refractivity contribution in [1.29, 1.82) is 5.26 Å². The highest BCUT2D eigenvalue weighted by Crippen LogP contribution is 2.16. The third-order valence-electron chi connectivity index (χ3n) is 4.12. The van der Waals surface area contributed by atoms with E-state index in [1.165, 1.54) is 5.69 Å². The SMILES string of the molecule is N#C/C(=C\N1CCN(c2ccccc2)CC1)C(=O)NCc1ccco1. The lowest BCUT2D eigenvalue weighted by molar-refractivity contribution is -0.117. The molecule has 0 aliphatic carbocycles. The Hall–Kier alpha value is -3.20. The number of piperazine rings is 1. The summed E-state index contributed by atoms with van der Waals surface area (Å²) in [5.41, 5.74) is 1.31. The van der Waals surface area contributed by atoms with E-state index < -0.39 is 0 Å². The minimum Gasteiger partial charge on any atom is -0.467 e. The molecule has 3 rings (SSSR count). The van der Waals surface area contributed by atoms with Gasteiger partial charge in [-0.3, -0.25) is 4.79 Å². The van der Waals surface area contributed by atoms with Crippen LogP contribution in [0, 0.1) is 11.3 Å². The van der Waals surface area contributed by atoms with Crippen LogP contribution < -0.4 is 10.2 Å². The number of carbonyl (C=O) groups is 1. The quantitative estimate of drug-likeness (QED) is 0.669. The van der Waals surface area contributed by atoms with Gasteiger partial charge in [-0.15, -0.1) is 0 Å². The fourth-order valence-electron chi connectivity index (χ4n) is 2.74. The fourth-order valence-corrected chi connectivity index (χ4v) is 2.74. The Bertz CT molecular complexity index is 754. The second-order valence-electron chi connectivity index (χ2n) is 5.78. The number of nitrogens with one attached hydrogen (secondary N) is 1. The van der Waals surface area contributed by atoms with Gasteiger partial charge in [0.15, 0.2) is 0 Å². The zero-order valence-electron chi connectivity index (χ0n) is 13.9. The molecule has 1 amide bonds. The molecule has 6 nitrogen and oxygen atoms in total. The van der Waals surface area contributed by atoms with Crippen molar-refractivity contribution in [1.82, 2.24) is 10.2 Å². The molecule has 0 radical (unpaired) electrons. The van der Waals surface area contributed by atoms with Crippen molar-refractivity contribution >= 4 is 11.6 Å². The Labute approximate surface area is 146 Å². The first-order chi connectivity index (χ1) is 12.3. The van der Waals surface area contributed by atoms with Gasteiger partial charge < -0.3 is 19.5 Å². The average Bonchev–Trinajstić information content (AvgIpc) is 3.19. The lowest BCUT2D eigenvalue weighted by Crippen LogP contribution is -2.44. The van der Waals surface area contributed by atoms with Crippen LogP contribution in [0.5, 0.6) is 0 Å². The van der Waals surface area contributed by atoms with Crippen LogP contribution in [-0.2, 0) is 11.3 Å². The molecule has 1 aliphatic rings. The lowest BCUT2D eigenvalue weighted by atomic mass is 10.2. The lowest BCUT2D eigenvalue weighted by Gasteiger charge is -2.35. The second-order valence-corrected chi connectivity index (χ2v) is 5.78. The minimum absolute atomic E-state index is 0.111. The van der Waals surface area contributed by atoms with Crippen molar-refractivity contribution in [3.05, 3.63) is 66.3 Å². The third kappa shape index (κ3) is 4.42. The normalized spacial score (nSPS) is 14.9. The average molecular weight is 336 g/mol. The summed E-state index contributed by atoms with van der Waals surface area (Å²) in [5, 5.41) is 12.0. The molecule has 6 heteroatoms. The van der Waals surface area contributed by atoms with Gasteiger partial charge in [0.2, 0.25) is 0 Å². The van der Waals surface area contributed by atoms with Gasteiger partial charge in [-0.1, -0.05) is 18.2 Å². The highest BCUT2D eigenvalue weighted by molar-refractivity contribution is 5.97. The third-order valence-corrected chi connectivity index (χ3v) is 4.12. The maximum atomic E-state index is 12.1. The number of para-hydroxylation sites is 1. The number of hydrogen-bond donors (Lipinski definition) is 1. The molecule has 0 bridgehead atoms. The van der Waals surface area contributed by atoms with Crippen LogP contribution in [0.1, 0.15) is 5.76 Å². The minimum atomic E-state index is -0.385. The van der Waals surface area contributed by atoms with Gasteiger partial charge in [0.25, 0.3) is 5.91 Å². The van der Waals surface area contributed by atoms with Crippen LogP contribution in [0.15, 0.2) is 64.9 Å². The standard InChI is InChI=1S/C19H20N4O2/c20-13-16(19(24)21-14-18-7-4-12-25-18)15-22-8-10-23(11-9-22)17-5-2-1-3-6-17/h1-7,12,15H,8-11,14H2,(H,21,24)/b16-15+. The topological polar surface area (TPSA) is 72.5 Å². The predicted molar refractivity (Wildman–Crippen MR) is 94.5 cm³/mol. The molecule has 2 aromatic rings. The van der Waals surface area contributed by atoms with Gasteiger partial charge >= 0.3 is 0 Å². The van der Waals surface area contributed by atoms with Crippen LogP contribution in [0.4, 0.5) is 5.69 Å². The van der Waals surface area contributed by atoms with Gasteiger partial charge in [0, 0.05) is 38.1 Å². The van der Waals surface area contributed by atoms with Gasteiger partial charge in [-0.05, 0) is 24.3 Å². The number of furan rings is 1. The van der Waals surface area contributed by atoms with Crippen molar-refractivity contribution in [2.75, 3.05) is 31.1 Å². The molecule has 128 valence electrons. The van der Waals surface area contributed by atoms with Crippen LogP contribution in [0.3, 0.4) is 0 Å². The van der Waals surface area contributed by atoms with E-state index in [0.717, 1.165) is 26.2 Å². The van der Waals surface area contributed by atoms with Crippen LogP contribution in [0.25, 0.3) is 0 Å². The number of rotatable bonds is 5. The number of nitriles is 1. The Morgan fingerprint density at radius 2 is 1.92 bits per heavy atom. The number of anilines is 1. The smallest absolute Gasteiger partial charge is 0.263 e. The summed E-state index contributed by atoms with van der Waals surface area (Å²) in [5.74, 6) is 0.270. The van der Waals surface area contributed by atoms with E-state index in [2.05, 4.69) is 22.3 Å². The molecule has 1 aliphatic heterocycles. The Kier molecular flexibility index (Phi) is 5.37. The largest absolute Gasteiger partial charge is 0.467 e. The Morgan fingerprint density at radius 1 is 1.16 bits per heavy atom. The maximum absolute atomic E-state index is 12.1. The van der Waals surface area contributed by atoms with Crippen molar-refractivity contribution < 1.29 is 9.21 Å². The van der Waals surface area contributed by atoms with Crippen molar-refractivity contribution in [2.45, 2.75) is 6.54 Å². The van der Waals surface area contributed by atoms with Gasteiger partial charge in [-0.2, -0.15) is 5.26 Å². The molecule has 1 aromatic heterocycles. The van der Waals surface area contributed by atoms with Gasteiger partial charge in [0.1, 0.15) is 17.4 Å². The highest BCUT2D eigenvalue weighted by atomic mass is 16.3. The van der Waals surface area contributed by atoms with Crippen LogP contribution in [-0.4, -0.2) is 37.0 Å². The first kappa shape index (κ1) is 16.7. The molecule has 0 atom stereocenters. The first-order valence-corrected chi connectivity index (χ1v) is 8.23. The molecule has 0 unspecified atom stereocenters. The van der Waals surface area contributed by atoms with E-state index >= 15 is 0 Å². The van der Waals surface area contributed by atoms with E-state index in [1.54, 1.807) is 24.6 Å². The molecular formula is C19H20N4O2. The Morgan fingerprint density at radius 3 is 2.56 bits per heavy atom. The zero-order valence-corrected chi connectivity index (χ0v) is 13.9. The number of amides is 1. The second kappa shape index (κ2) is 8.06. The number of nitrogens with zero attached hydrogens (tertiary/aromatic N) is 3. The number of benzene rings is 1. The van der Waals surface area contributed by atoms with E-state index in [1.807, 2.05) is 29.2 Å². The summed E-state index contributed by atoms with van der Waals surface area (Å²) >= 11 is 0. The summed E-state index contributed by atoms with van der Waals surface area (Å²) in [6.07, 6.45) is 3.20. The Balaban J connectivity index is 1.54. The van der Waals surface area contributed by atoms with E-state index in [-0.39, 0.29) is 18.0 Å². The monoisotopic (exact) mass is 336 g/mol. The van der Waals surface area contributed by atoms with E-state index in [0.29, 0.717) is 5.76 Å². The van der Waals surface area contributed by atoms with Crippen molar-refractivity contribution in [3.8, 4) is 6.07 Å². The summed E-state index contributed by atoms with van der Waals surface area (Å²) in [7, 11) is 0. The van der Waals surface area contributed by atoms with E-state index in [9.17, 15) is 10.1 Å². The first-order valence-electron chi connectivity index (χ1n) is 8.23. The van der Waals surface area contributed by atoms with Crippen molar-refractivity contribution in [3.63, 3.8) is 0 Å². The summed E-state index contributed by atoms with van der Waals surface area (Å²) in [6.45, 7) is 3.52. The zero-order chi connectivity index (χ0) is 17.5. The molecule has 1 aromatic carbocycles. The maximum Gasteiger partial charge on any atom is 0.263 e. The van der Waals surface area contributed by atoms with Gasteiger partial charge in [-0.25, -0.2) is 0 Å². The molecule has 1 N–H and O–H groups in total. The number of carbonyl (C=O) groups excluding carboxylic acids is 1. The van der Waals surface area contributed by atoms with Crippen LogP contribution in [0.2, 0.25) is 0 Å². The molecular weight excluding hydrogens is 316 g/mol. The fraction of sp³-hybridized carbons (Fsp3) is 0.263. The van der Waals surface area contributed by atoms with Crippen LogP contribution >= 0.6 is 0 Å². The molecule has 0 saturated carbocycles. The molecule has 1 fully saturated rings. The number of hydrogen-bond acceptors (Lipinski definition) is 5. The summed E-state index contributed by atoms with van der Waals surface area (Å²) in [6, 6.07) is 15.8. The molecule has 2 heterocycles. The predicted octanol–water partition coefficient (Wildman–Crippen LogP) is 2.13. The molecule has 1 saturated heterocycles. The highest BCUT2D eigenvalue weighted by Gasteiger charge is 2.17. The molecule has 0 spiro atoms. The summed E-state index contributed by atoms with van der Waals surface area (Å²) in [4.78, 5) is 16.5. The van der Waals surface area contributed by atoms with Gasteiger partial charge in [0.05, 0.1) is 12.8 Å². The van der Waals surface area contributed by atoms with E-state index in [4.69, 9.17) is 4.42 Å². The molecule has 25 heavy (non-hydrogen) atoms. The summed E-state index contributed by atoms with van der Waals surface area (Å²) < 4.78 is 5.17. The van der Waals surface area contributed by atoms with Crippen molar-refractivity contribution in [2.24, 2.45) is 0 Å².